The van der Waals surface area contributed by atoms with Crippen LogP contribution in [0.3, 0.4) is 0 Å². The van der Waals surface area contributed by atoms with Gasteiger partial charge in [0.15, 0.2) is 0 Å². The first-order valence-corrected chi connectivity index (χ1v) is 9.30. The Hall–Kier alpha value is -1.67. The van der Waals surface area contributed by atoms with E-state index in [1.807, 2.05) is 17.2 Å². The number of morpholine rings is 1. The minimum absolute atomic E-state index is 0.0486. The highest BCUT2D eigenvalue weighted by Crippen LogP contribution is 2.34. The lowest BCUT2D eigenvalue weighted by atomic mass is 10.00. The van der Waals surface area contributed by atoms with E-state index in [4.69, 9.17) is 27.9 Å². The summed E-state index contributed by atoms with van der Waals surface area (Å²) in [5.74, 6) is 0.0486. The molecule has 2 aromatic rings. The normalized spacial score (nSPS) is 20.0. The van der Waals surface area contributed by atoms with Gasteiger partial charge in [-0.25, -0.2) is 4.68 Å². The highest BCUT2D eigenvalue weighted by atomic mass is 35.5. The Kier molecular flexibility index (Phi) is 5.13. The molecule has 0 bridgehead atoms. The van der Waals surface area contributed by atoms with Gasteiger partial charge < -0.3 is 9.64 Å². The van der Waals surface area contributed by atoms with Gasteiger partial charge in [0, 0.05) is 42.4 Å². The number of halogens is 2. The van der Waals surface area contributed by atoms with Gasteiger partial charge in [-0.1, -0.05) is 34.5 Å². The van der Waals surface area contributed by atoms with Crippen molar-refractivity contribution in [3.63, 3.8) is 0 Å². The van der Waals surface area contributed by atoms with E-state index in [1.54, 1.807) is 23.0 Å². The molecule has 138 valence electrons. The molecule has 1 amide bonds. The van der Waals surface area contributed by atoms with E-state index in [9.17, 15) is 4.79 Å². The summed E-state index contributed by atoms with van der Waals surface area (Å²) in [6.45, 7) is 3.83. The highest BCUT2D eigenvalue weighted by molar-refractivity contribution is 6.35. The fraction of sp³-hybridized carbons (Fsp3) is 0.471. The molecule has 0 radical (unpaired) electrons. The number of rotatable bonds is 4. The van der Waals surface area contributed by atoms with Crippen molar-refractivity contribution in [2.45, 2.75) is 12.1 Å². The Morgan fingerprint density at radius 1 is 1.23 bits per heavy atom. The van der Waals surface area contributed by atoms with Crippen LogP contribution in [0.15, 0.2) is 30.6 Å². The highest BCUT2D eigenvalue weighted by Gasteiger charge is 2.39. The minimum Gasteiger partial charge on any atom is -0.379 e. The van der Waals surface area contributed by atoms with Gasteiger partial charge in [0.05, 0.1) is 25.5 Å². The minimum atomic E-state index is -0.430. The summed E-state index contributed by atoms with van der Waals surface area (Å²) in [5, 5.41) is 8.91. The van der Waals surface area contributed by atoms with Crippen LogP contribution in [0.25, 0.3) is 0 Å². The summed E-state index contributed by atoms with van der Waals surface area (Å²) in [6.07, 6.45) is 3.47. The molecule has 26 heavy (non-hydrogen) atoms. The summed E-state index contributed by atoms with van der Waals surface area (Å²) in [7, 11) is 0. The van der Waals surface area contributed by atoms with Crippen LogP contribution >= 0.6 is 23.2 Å². The maximum atomic E-state index is 13.3. The van der Waals surface area contributed by atoms with Crippen LogP contribution in [0.5, 0.6) is 0 Å². The number of nitrogens with zero attached hydrogens (tertiary/aromatic N) is 5. The number of amides is 1. The molecular weight excluding hydrogens is 377 g/mol. The third-order valence-electron chi connectivity index (χ3n) is 4.89. The van der Waals surface area contributed by atoms with E-state index in [0.29, 0.717) is 49.4 Å². The first-order valence-electron chi connectivity index (χ1n) is 8.55. The molecular formula is C17H19Cl2N5O2. The van der Waals surface area contributed by atoms with Crippen molar-refractivity contribution in [3.05, 3.63) is 46.2 Å². The number of benzene rings is 1. The van der Waals surface area contributed by atoms with Crippen molar-refractivity contribution in [1.82, 2.24) is 24.8 Å². The van der Waals surface area contributed by atoms with E-state index in [0.717, 1.165) is 5.56 Å². The number of carbonyl (C=O) groups is 1. The number of aromatic nitrogens is 3. The van der Waals surface area contributed by atoms with Crippen molar-refractivity contribution >= 4 is 29.1 Å². The first kappa shape index (κ1) is 17.7. The monoisotopic (exact) mass is 395 g/mol. The van der Waals surface area contributed by atoms with Crippen LogP contribution in [0.2, 0.25) is 10.0 Å². The second-order valence-corrected chi connectivity index (χ2v) is 7.34. The largest absolute Gasteiger partial charge is 0.379 e. The fourth-order valence-electron chi connectivity index (χ4n) is 3.43. The van der Waals surface area contributed by atoms with Gasteiger partial charge in [-0.05, 0) is 17.7 Å². The smallest absolute Gasteiger partial charge is 0.244 e. The maximum absolute atomic E-state index is 13.3. The lowest BCUT2D eigenvalue weighted by molar-refractivity contribution is -0.145. The lowest BCUT2D eigenvalue weighted by Crippen LogP contribution is -2.55. The molecule has 1 aromatic heterocycles. The molecule has 3 heterocycles. The average molecular weight is 396 g/mol. The second-order valence-electron chi connectivity index (χ2n) is 6.50. The molecule has 2 aliphatic heterocycles. The van der Waals surface area contributed by atoms with E-state index >= 15 is 0 Å². The molecule has 9 heteroatoms. The van der Waals surface area contributed by atoms with E-state index in [1.165, 1.54) is 0 Å². The zero-order valence-corrected chi connectivity index (χ0v) is 15.6. The Labute approximate surface area is 161 Å². The van der Waals surface area contributed by atoms with Crippen LogP contribution in [-0.2, 0) is 9.53 Å². The molecule has 1 unspecified atom stereocenters. The molecule has 2 aliphatic rings. The number of carbonyl (C=O) groups excluding carboxylic acids is 1. The average Bonchev–Trinajstić information content (AvgIpc) is 3.11. The van der Waals surface area contributed by atoms with Gasteiger partial charge in [0.25, 0.3) is 0 Å². The molecule has 0 saturated carbocycles. The lowest BCUT2D eigenvalue weighted by Gasteiger charge is -2.43. The summed E-state index contributed by atoms with van der Waals surface area (Å²) in [6, 6.07) is 5.05. The summed E-state index contributed by atoms with van der Waals surface area (Å²) >= 11 is 12.5. The third-order valence-corrected chi connectivity index (χ3v) is 5.45. The first-order chi connectivity index (χ1) is 12.6. The number of ether oxygens (including phenoxy) is 1. The molecule has 0 N–H and O–H groups in total. The summed E-state index contributed by atoms with van der Waals surface area (Å²) < 4.78 is 7.24. The molecule has 4 rings (SSSR count). The Bertz CT molecular complexity index is 773. The van der Waals surface area contributed by atoms with Gasteiger partial charge in [-0.2, -0.15) is 0 Å². The topological polar surface area (TPSA) is 63.5 Å². The Morgan fingerprint density at radius 3 is 2.65 bits per heavy atom. The quantitative estimate of drug-likeness (QED) is 0.792. The number of likely N-dealkylation sites (tertiary alicyclic amines) is 1. The molecule has 2 fully saturated rings. The van der Waals surface area contributed by atoms with Gasteiger partial charge >= 0.3 is 0 Å². The molecule has 1 atom stereocenters. The van der Waals surface area contributed by atoms with E-state index in [2.05, 4.69) is 15.2 Å². The van der Waals surface area contributed by atoms with Gasteiger partial charge in [-0.15, -0.1) is 5.10 Å². The Morgan fingerprint density at radius 2 is 2.00 bits per heavy atom. The molecule has 7 nitrogen and oxygen atoms in total. The second kappa shape index (κ2) is 7.52. The maximum Gasteiger partial charge on any atom is 0.244 e. The zero-order valence-electron chi connectivity index (χ0n) is 14.1. The fourth-order valence-corrected chi connectivity index (χ4v) is 3.94. The summed E-state index contributed by atoms with van der Waals surface area (Å²) in [4.78, 5) is 17.3. The van der Waals surface area contributed by atoms with Crippen LogP contribution in [0.4, 0.5) is 0 Å². The van der Waals surface area contributed by atoms with E-state index in [-0.39, 0.29) is 11.9 Å². The van der Waals surface area contributed by atoms with Gasteiger partial charge in [0.1, 0.15) is 6.04 Å². The van der Waals surface area contributed by atoms with Crippen molar-refractivity contribution in [1.29, 1.82) is 0 Å². The Balaban J connectivity index is 1.55. The van der Waals surface area contributed by atoms with Crippen LogP contribution in [0.1, 0.15) is 17.6 Å². The third kappa shape index (κ3) is 3.44. The van der Waals surface area contributed by atoms with Crippen LogP contribution in [-0.4, -0.2) is 70.1 Å². The van der Waals surface area contributed by atoms with Gasteiger partial charge in [0.2, 0.25) is 5.91 Å². The van der Waals surface area contributed by atoms with Crippen molar-refractivity contribution < 1.29 is 9.53 Å². The predicted octanol–water partition coefficient (Wildman–Crippen LogP) is 2.04. The standard InChI is InChI=1S/C17H19Cl2N5O2/c18-12-1-2-14(15(19)9-12)16(22-5-7-26-8-6-22)17(25)23-10-13(11-23)24-4-3-20-21-24/h1-4,9,13,16H,5-8,10-11H2. The molecule has 2 saturated heterocycles. The van der Waals surface area contributed by atoms with Crippen molar-refractivity contribution in [3.8, 4) is 0 Å². The number of hydrogen-bond donors (Lipinski definition) is 0. The molecule has 0 spiro atoms. The van der Waals surface area contributed by atoms with Crippen LogP contribution < -0.4 is 0 Å². The van der Waals surface area contributed by atoms with Crippen molar-refractivity contribution in [2.24, 2.45) is 0 Å². The number of hydrogen-bond acceptors (Lipinski definition) is 5. The summed E-state index contributed by atoms with van der Waals surface area (Å²) in [5.41, 5.74) is 0.784. The van der Waals surface area contributed by atoms with Crippen molar-refractivity contribution in [2.75, 3.05) is 39.4 Å². The van der Waals surface area contributed by atoms with Gasteiger partial charge in [-0.3, -0.25) is 9.69 Å². The predicted molar refractivity (Wildman–Crippen MR) is 97.2 cm³/mol. The molecule has 0 aliphatic carbocycles. The van der Waals surface area contributed by atoms with Crippen LogP contribution in [0, 0.1) is 0 Å². The SMILES string of the molecule is O=C(C(c1ccc(Cl)cc1Cl)N1CCOCC1)N1CC(n2ccnn2)C1. The molecule has 1 aromatic carbocycles. The van der Waals surface area contributed by atoms with E-state index < -0.39 is 6.04 Å². The zero-order chi connectivity index (χ0) is 18.1.